The van der Waals surface area contributed by atoms with Crippen LogP contribution in [0.2, 0.25) is 5.02 Å². The molecule has 1 heterocycles. The summed E-state index contributed by atoms with van der Waals surface area (Å²) in [6.45, 7) is 2.37. The topological polar surface area (TPSA) is 65.4 Å². The maximum absolute atomic E-state index is 12.1. The van der Waals surface area contributed by atoms with E-state index >= 15 is 0 Å². The van der Waals surface area contributed by atoms with E-state index in [1.807, 2.05) is 0 Å². The van der Waals surface area contributed by atoms with Gasteiger partial charge >= 0.3 is 0 Å². The van der Waals surface area contributed by atoms with Gasteiger partial charge in [0.2, 0.25) is 0 Å². The highest BCUT2D eigenvalue weighted by Crippen LogP contribution is 2.48. The molecular weight excluding hydrogens is 294 g/mol. The van der Waals surface area contributed by atoms with Crippen molar-refractivity contribution in [3.8, 4) is 0 Å². The summed E-state index contributed by atoms with van der Waals surface area (Å²) in [4.78, 5) is 12.1. The highest BCUT2D eigenvalue weighted by Gasteiger charge is 2.41. The Labute approximate surface area is 129 Å². The lowest BCUT2D eigenvalue weighted by Gasteiger charge is -2.17. The molecule has 118 valence electrons. The van der Waals surface area contributed by atoms with E-state index in [2.05, 4.69) is 10.4 Å². The zero-order valence-electron chi connectivity index (χ0n) is 12.5. The third-order valence-electron chi connectivity index (χ3n) is 3.94. The van der Waals surface area contributed by atoms with Crippen molar-refractivity contribution in [1.29, 1.82) is 0 Å². The molecule has 1 N–H and O–H groups in total. The van der Waals surface area contributed by atoms with Gasteiger partial charge in [-0.05, 0) is 24.7 Å². The van der Waals surface area contributed by atoms with Crippen LogP contribution < -0.4 is 10.9 Å². The second-order valence-electron chi connectivity index (χ2n) is 5.49. The first-order valence-electron chi connectivity index (χ1n) is 7.09. The van der Waals surface area contributed by atoms with Gasteiger partial charge in [0, 0.05) is 27.4 Å². The van der Waals surface area contributed by atoms with Gasteiger partial charge in [-0.1, -0.05) is 11.6 Å². The van der Waals surface area contributed by atoms with Gasteiger partial charge in [0.1, 0.15) is 5.02 Å². The predicted octanol–water partition coefficient (Wildman–Crippen LogP) is 1.77. The second kappa shape index (κ2) is 7.24. The molecule has 2 rings (SSSR count). The van der Waals surface area contributed by atoms with Crippen LogP contribution in [0.4, 0.5) is 5.69 Å². The van der Waals surface area contributed by atoms with Gasteiger partial charge in [0.15, 0.2) is 0 Å². The lowest BCUT2D eigenvalue weighted by molar-refractivity contribution is 0.175. The number of nitrogens with zero attached hydrogens (tertiary/aromatic N) is 2. The van der Waals surface area contributed by atoms with Crippen LogP contribution in [0, 0.1) is 5.41 Å². The number of methoxy groups -OCH3 is 2. The number of aromatic nitrogens is 2. The summed E-state index contributed by atoms with van der Waals surface area (Å²) < 4.78 is 11.4. The molecule has 0 aliphatic heterocycles. The lowest BCUT2D eigenvalue weighted by atomic mass is 10.0. The molecular formula is C14H22ClN3O3. The minimum absolute atomic E-state index is 0.184. The Bertz CT molecular complexity index is 529. The Hall–Kier alpha value is -1.11. The third kappa shape index (κ3) is 4.18. The Kier molecular flexibility index (Phi) is 5.61. The Morgan fingerprint density at radius 2 is 2.10 bits per heavy atom. The van der Waals surface area contributed by atoms with Gasteiger partial charge in [-0.15, -0.1) is 0 Å². The highest BCUT2D eigenvalue weighted by atomic mass is 35.5. The number of rotatable bonds is 9. The number of nitrogens with one attached hydrogen (secondary N) is 1. The molecule has 0 spiro atoms. The van der Waals surface area contributed by atoms with Gasteiger partial charge in [-0.3, -0.25) is 4.79 Å². The van der Waals surface area contributed by atoms with Crippen molar-refractivity contribution in [2.24, 2.45) is 5.41 Å². The SMILES string of the molecule is COCCn1ncc(NCC2(CCOC)CC2)c(Cl)c1=O. The first-order chi connectivity index (χ1) is 10.1. The summed E-state index contributed by atoms with van der Waals surface area (Å²) in [6, 6.07) is 0. The number of hydrogen-bond donors (Lipinski definition) is 1. The highest BCUT2D eigenvalue weighted by molar-refractivity contribution is 6.32. The summed E-state index contributed by atoms with van der Waals surface area (Å²) in [5, 5.41) is 7.55. The molecule has 1 fully saturated rings. The third-order valence-corrected chi connectivity index (χ3v) is 4.30. The minimum atomic E-state index is -0.291. The largest absolute Gasteiger partial charge is 0.385 e. The van der Waals surface area contributed by atoms with Crippen LogP contribution in [-0.2, 0) is 16.0 Å². The standard InChI is InChI=1S/C14H22ClN3O3/c1-20-7-5-14(3-4-14)10-16-11-9-17-18(6-8-21-2)13(19)12(11)15/h9,16H,3-8,10H2,1-2H3. The molecule has 21 heavy (non-hydrogen) atoms. The quantitative estimate of drug-likeness (QED) is 0.752. The van der Waals surface area contributed by atoms with Crippen molar-refractivity contribution in [3.63, 3.8) is 0 Å². The normalized spacial score (nSPS) is 16.0. The van der Waals surface area contributed by atoms with Crippen LogP contribution in [0.3, 0.4) is 0 Å². The van der Waals surface area contributed by atoms with Crippen molar-refractivity contribution in [2.45, 2.75) is 25.8 Å². The molecule has 1 aromatic heterocycles. The zero-order valence-corrected chi connectivity index (χ0v) is 13.3. The van der Waals surface area contributed by atoms with Crippen LogP contribution in [0.5, 0.6) is 0 Å². The Morgan fingerprint density at radius 3 is 2.71 bits per heavy atom. The molecule has 1 aliphatic carbocycles. The van der Waals surface area contributed by atoms with Crippen molar-refractivity contribution in [3.05, 3.63) is 21.6 Å². The smallest absolute Gasteiger partial charge is 0.287 e. The molecule has 0 radical (unpaired) electrons. The van der Waals surface area contributed by atoms with Crippen LogP contribution in [-0.4, -0.2) is 43.8 Å². The molecule has 1 saturated carbocycles. The molecule has 6 nitrogen and oxygen atoms in total. The molecule has 0 atom stereocenters. The summed E-state index contributed by atoms with van der Waals surface area (Å²) in [5.41, 5.74) is 0.587. The maximum Gasteiger partial charge on any atom is 0.287 e. The number of hydrogen-bond acceptors (Lipinski definition) is 5. The van der Waals surface area contributed by atoms with Gasteiger partial charge in [-0.25, -0.2) is 4.68 Å². The summed E-state index contributed by atoms with van der Waals surface area (Å²) in [6.07, 6.45) is 4.98. The summed E-state index contributed by atoms with van der Waals surface area (Å²) in [7, 11) is 3.29. The minimum Gasteiger partial charge on any atom is -0.385 e. The molecule has 1 aromatic rings. The Balaban J connectivity index is 1.98. The molecule has 0 unspecified atom stereocenters. The van der Waals surface area contributed by atoms with E-state index in [0.717, 1.165) is 19.6 Å². The number of halogens is 1. The van der Waals surface area contributed by atoms with Gasteiger partial charge in [0.05, 0.1) is 25.0 Å². The second-order valence-corrected chi connectivity index (χ2v) is 5.87. The predicted molar refractivity (Wildman–Crippen MR) is 82.0 cm³/mol. The van der Waals surface area contributed by atoms with Crippen LogP contribution >= 0.6 is 11.6 Å². The average molecular weight is 316 g/mol. The van der Waals surface area contributed by atoms with E-state index in [1.54, 1.807) is 20.4 Å². The molecule has 0 amide bonds. The summed E-state index contributed by atoms with van der Waals surface area (Å²) >= 11 is 6.13. The number of ether oxygens (including phenoxy) is 2. The van der Waals surface area contributed by atoms with E-state index < -0.39 is 0 Å². The first kappa shape index (κ1) is 16.3. The van der Waals surface area contributed by atoms with Crippen molar-refractivity contribution in [2.75, 3.05) is 39.3 Å². The first-order valence-corrected chi connectivity index (χ1v) is 7.47. The average Bonchev–Trinajstić information content (AvgIpc) is 3.26. The summed E-state index contributed by atoms with van der Waals surface area (Å²) in [5.74, 6) is 0. The fourth-order valence-electron chi connectivity index (χ4n) is 2.22. The van der Waals surface area contributed by atoms with Crippen LogP contribution in [0.25, 0.3) is 0 Å². The lowest BCUT2D eigenvalue weighted by Crippen LogP contribution is -2.27. The Morgan fingerprint density at radius 1 is 1.38 bits per heavy atom. The van der Waals surface area contributed by atoms with E-state index in [0.29, 0.717) is 18.8 Å². The van der Waals surface area contributed by atoms with Crippen molar-refractivity contribution < 1.29 is 9.47 Å². The zero-order chi connectivity index (χ0) is 15.3. The van der Waals surface area contributed by atoms with E-state index in [4.69, 9.17) is 21.1 Å². The van der Waals surface area contributed by atoms with Gasteiger partial charge < -0.3 is 14.8 Å². The number of anilines is 1. The van der Waals surface area contributed by atoms with Gasteiger partial charge in [-0.2, -0.15) is 5.10 Å². The van der Waals surface area contributed by atoms with Gasteiger partial charge in [0.25, 0.3) is 5.56 Å². The molecule has 0 bridgehead atoms. The van der Waals surface area contributed by atoms with E-state index in [-0.39, 0.29) is 16.0 Å². The van der Waals surface area contributed by atoms with Crippen molar-refractivity contribution >= 4 is 17.3 Å². The molecule has 0 saturated heterocycles. The monoisotopic (exact) mass is 315 g/mol. The van der Waals surface area contributed by atoms with Crippen LogP contribution in [0.1, 0.15) is 19.3 Å². The molecule has 7 heteroatoms. The fraction of sp³-hybridized carbons (Fsp3) is 0.714. The van der Waals surface area contributed by atoms with Crippen LogP contribution in [0.15, 0.2) is 11.0 Å². The molecule has 1 aliphatic rings. The maximum atomic E-state index is 12.1. The fourth-order valence-corrected chi connectivity index (χ4v) is 2.43. The van der Waals surface area contributed by atoms with E-state index in [1.165, 1.54) is 17.5 Å². The van der Waals surface area contributed by atoms with E-state index in [9.17, 15) is 4.79 Å². The van der Waals surface area contributed by atoms with Crippen molar-refractivity contribution in [1.82, 2.24) is 9.78 Å². The molecule has 0 aromatic carbocycles.